The zero-order valence-electron chi connectivity index (χ0n) is 20.3. The fourth-order valence-corrected chi connectivity index (χ4v) is 5.54. The molecule has 0 bridgehead atoms. The Balaban J connectivity index is 0.00000195. The maximum absolute atomic E-state index is 13.2. The smallest absolute Gasteiger partial charge is 0.351 e. The van der Waals surface area contributed by atoms with Crippen molar-refractivity contribution in [1.82, 2.24) is 24.6 Å². The van der Waals surface area contributed by atoms with Gasteiger partial charge in [-0.1, -0.05) is 25.4 Å². The minimum Gasteiger partial charge on any atom is -0.351 e. The molecule has 1 aliphatic heterocycles. The summed E-state index contributed by atoms with van der Waals surface area (Å²) in [5.74, 6) is -2.42. The number of halogens is 5. The van der Waals surface area contributed by atoms with Gasteiger partial charge in [-0.15, -0.1) is 0 Å². The number of hydrogen-bond donors (Lipinski definition) is 1. The summed E-state index contributed by atoms with van der Waals surface area (Å²) >= 11 is 6.18. The summed E-state index contributed by atoms with van der Waals surface area (Å²) in [6.45, 7) is 4.04. The Morgan fingerprint density at radius 2 is 1.74 bits per heavy atom. The van der Waals surface area contributed by atoms with E-state index in [4.69, 9.17) is 11.6 Å². The number of sulfonamides is 1. The van der Waals surface area contributed by atoms with E-state index in [2.05, 4.69) is 20.3 Å². The number of amides is 1. The minimum atomic E-state index is -4.68. The molecule has 14 heteroatoms. The Bertz CT molecular complexity index is 1370. The predicted molar refractivity (Wildman–Crippen MR) is 132 cm³/mol. The van der Waals surface area contributed by atoms with Crippen LogP contribution in [0.15, 0.2) is 53.8 Å². The molecule has 38 heavy (non-hydrogen) atoms. The molecule has 0 radical (unpaired) electrons. The van der Waals surface area contributed by atoms with Crippen molar-refractivity contribution >= 4 is 27.5 Å². The maximum atomic E-state index is 13.2. The SMILES string of the molecule is CC.O=C(NCc1cc(-c2cnc(C(F)(F)F)nc2)ncc1Cl)[C@@H]1CCCN1S(=O)(=O)c1ccc(F)cc1. The first-order valence-electron chi connectivity index (χ1n) is 11.6. The number of alkyl halides is 3. The van der Waals surface area contributed by atoms with Crippen molar-refractivity contribution in [2.75, 3.05) is 6.54 Å². The highest BCUT2D eigenvalue weighted by atomic mass is 35.5. The number of aromatic nitrogens is 3. The topological polar surface area (TPSA) is 105 Å². The van der Waals surface area contributed by atoms with Gasteiger partial charge in [-0.25, -0.2) is 22.8 Å². The van der Waals surface area contributed by atoms with E-state index in [1.807, 2.05) is 13.8 Å². The highest BCUT2D eigenvalue weighted by molar-refractivity contribution is 7.89. The fourth-order valence-electron chi connectivity index (χ4n) is 3.71. The van der Waals surface area contributed by atoms with Crippen LogP contribution in [-0.2, 0) is 27.5 Å². The van der Waals surface area contributed by atoms with Gasteiger partial charge in [0.2, 0.25) is 21.8 Å². The van der Waals surface area contributed by atoms with E-state index >= 15 is 0 Å². The first-order valence-corrected chi connectivity index (χ1v) is 13.4. The number of carbonyl (C=O) groups excluding carboxylic acids is 1. The molecule has 1 aromatic carbocycles. The van der Waals surface area contributed by atoms with E-state index in [0.29, 0.717) is 18.4 Å². The van der Waals surface area contributed by atoms with E-state index in [9.17, 15) is 30.8 Å². The normalized spacial score (nSPS) is 16.0. The number of nitrogens with zero attached hydrogens (tertiary/aromatic N) is 4. The van der Waals surface area contributed by atoms with Gasteiger partial charge in [0.05, 0.1) is 15.6 Å². The molecule has 1 saturated heterocycles. The van der Waals surface area contributed by atoms with Gasteiger partial charge in [0.15, 0.2) is 0 Å². The highest BCUT2D eigenvalue weighted by Crippen LogP contribution is 2.29. The van der Waals surface area contributed by atoms with Crippen LogP contribution in [0.2, 0.25) is 5.02 Å². The number of hydrogen-bond acceptors (Lipinski definition) is 6. The Morgan fingerprint density at radius 1 is 1.11 bits per heavy atom. The van der Waals surface area contributed by atoms with Crippen LogP contribution < -0.4 is 5.32 Å². The van der Waals surface area contributed by atoms with Crippen molar-refractivity contribution in [2.24, 2.45) is 0 Å². The molecule has 0 aliphatic carbocycles. The Labute approximate surface area is 222 Å². The lowest BCUT2D eigenvalue weighted by Gasteiger charge is -2.23. The van der Waals surface area contributed by atoms with Gasteiger partial charge >= 0.3 is 6.18 Å². The highest BCUT2D eigenvalue weighted by Gasteiger charge is 2.39. The summed E-state index contributed by atoms with van der Waals surface area (Å²) < 4.78 is 78.4. The summed E-state index contributed by atoms with van der Waals surface area (Å²) in [5.41, 5.74) is 0.846. The molecule has 4 rings (SSSR count). The summed E-state index contributed by atoms with van der Waals surface area (Å²) in [7, 11) is -4.02. The lowest BCUT2D eigenvalue weighted by Crippen LogP contribution is -2.45. The first kappa shape index (κ1) is 29.4. The summed E-state index contributed by atoms with van der Waals surface area (Å²) in [4.78, 5) is 23.5. The molecular formula is C24H24ClF4N5O3S. The van der Waals surface area contributed by atoms with Gasteiger partial charge in [0.25, 0.3) is 0 Å². The molecular weight excluding hydrogens is 550 g/mol. The summed E-state index contributed by atoms with van der Waals surface area (Å²) in [6.07, 6.45) is -0.691. The second kappa shape index (κ2) is 12.1. The zero-order chi connectivity index (χ0) is 28.1. The molecule has 8 nitrogen and oxygen atoms in total. The van der Waals surface area contributed by atoms with Crippen LogP contribution in [0.25, 0.3) is 11.3 Å². The van der Waals surface area contributed by atoms with Crippen LogP contribution in [0.5, 0.6) is 0 Å². The van der Waals surface area contributed by atoms with Crippen molar-refractivity contribution in [2.45, 2.75) is 50.3 Å². The van der Waals surface area contributed by atoms with Crippen molar-refractivity contribution in [3.8, 4) is 11.3 Å². The molecule has 3 aromatic rings. The van der Waals surface area contributed by atoms with Crippen LogP contribution in [0.3, 0.4) is 0 Å². The number of benzene rings is 1. The monoisotopic (exact) mass is 573 g/mol. The van der Waals surface area contributed by atoms with E-state index in [1.165, 1.54) is 12.3 Å². The fraction of sp³-hybridized carbons (Fsp3) is 0.333. The van der Waals surface area contributed by atoms with Gasteiger partial charge in [0, 0.05) is 37.2 Å². The van der Waals surface area contributed by atoms with E-state index < -0.39 is 39.8 Å². The molecule has 1 amide bonds. The van der Waals surface area contributed by atoms with E-state index in [-0.39, 0.29) is 34.3 Å². The lowest BCUT2D eigenvalue weighted by molar-refractivity contribution is -0.145. The van der Waals surface area contributed by atoms with Gasteiger partial charge in [-0.3, -0.25) is 9.78 Å². The molecule has 1 N–H and O–H groups in total. The third kappa shape index (κ3) is 6.63. The molecule has 1 aliphatic rings. The largest absolute Gasteiger partial charge is 0.451 e. The van der Waals surface area contributed by atoms with Crippen LogP contribution in [-0.4, -0.2) is 46.2 Å². The second-order valence-electron chi connectivity index (χ2n) is 7.90. The van der Waals surface area contributed by atoms with E-state index in [0.717, 1.165) is 41.0 Å². The molecule has 204 valence electrons. The summed E-state index contributed by atoms with van der Waals surface area (Å²) in [6, 6.07) is 4.84. The Morgan fingerprint density at radius 3 is 2.34 bits per heavy atom. The van der Waals surface area contributed by atoms with Crippen molar-refractivity contribution < 1.29 is 30.8 Å². The zero-order valence-corrected chi connectivity index (χ0v) is 21.9. The number of rotatable bonds is 6. The van der Waals surface area contributed by atoms with E-state index in [1.54, 1.807) is 0 Å². The number of pyridine rings is 1. The molecule has 3 heterocycles. The molecule has 0 saturated carbocycles. The van der Waals surface area contributed by atoms with Crippen LogP contribution in [0.1, 0.15) is 38.1 Å². The molecule has 0 spiro atoms. The average Bonchev–Trinajstić information content (AvgIpc) is 3.40. The molecule has 1 fully saturated rings. The molecule has 0 unspecified atom stereocenters. The lowest BCUT2D eigenvalue weighted by atomic mass is 10.1. The quantitative estimate of drug-likeness (QED) is 0.423. The maximum Gasteiger partial charge on any atom is 0.451 e. The number of carbonyl (C=O) groups is 1. The average molecular weight is 574 g/mol. The molecule has 1 atom stereocenters. The van der Waals surface area contributed by atoms with Gasteiger partial charge in [0.1, 0.15) is 11.9 Å². The van der Waals surface area contributed by atoms with Gasteiger partial charge in [-0.2, -0.15) is 17.5 Å². The molecule has 2 aromatic heterocycles. The van der Waals surface area contributed by atoms with Crippen LogP contribution in [0, 0.1) is 5.82 Å². The first-order chi connectivity index (χ1) is 18.0. The summed E-state index contributed by atoms with van der Waals surface area (Å²) in [5, 5.41) is 2.84. The van der Waals surface area contributed by atoms with Crippen LogP contribution >= 0.6 is 11.6 Å². The van der Waals surface area contributed by atoms with Crippen molar-refractivity contribution in [3.05, 3.63) is 71.2 Å². The number of nitrogens with one attached hydrogen (secondary N) is 1. The third-order valence-corrected chi connectivity index (χ3v) is 7.78. The predicted octanol–water partition coefficient (Wildman–Crippen LogP) is 4.85. The second-order valence-corrected chi connectivity index (χ2v) is 10.2. The van der Waals surface area contributed by atoms with Crippen molar-refractivity contribution in [3.63, 3.8) is 0 Å². The third-order valence-electron chi connectivity index (χ3n) is 5.52. The van der Waals surface area contributed by atoms with Crippen LogP contribution in [0.4, 0.5) is 17.6 Å². The van der Waals surface area contributed by atoms with Gasteiger partial charge in [-0.05, 0) is 48.7 Å². The van der Waals surface area contributed by atoms with Gasteiger partial charge < -0.3 is 5.32 Å². The Kier molecular flexibility index (Phi) is 9.39. The minimum absolute atomic E-state index is 0.0877. The van der Waals surface area contributed by atoms with Crippen molar-refractivity contribution in [1.29, 1.82) is 0 Å². The Hall–Kier alpha value is -3.16. The standard InChI is InChI=1S/C22H18ClF4N5O3S.C2H6/c23-17-12-28-18(14-10-30-21(31-11-14)22(25,26)27)8-13(17)9-29-20(33)19-2-1-7-32(19)36(34,35)16-5-3-15(24)4-6-16;1-2/h3-6,8,10-12,19H,1-2,7,9H2,(H,29,33);1-2H3/t19-;/m0./s1.